The third kappa shape index (κ3) is 8.94. The van der Waals surface area contributed by atoms with Gasteiger partial charge in [0.15, 0.2) is 22.5 Å². The molecule has 2 amide bonds. The van der Waals surface area contributed by atoms with Gasteiger partial charge in [0.25, 0.3) is 5.91 Å². The third-order valence-corrected chi connectivity index (χ3v) is 9.26. The number of nitrogens with one attached hydrogen (secondary N) is 1. The van der Waals surface area contributed by atoms with Crippen LogP contribution in [0, 0.1) is 17.2 Å². The van der Waals surface area contributed by atoms with Crippen LogP contribution in [-0.4, -0.2) is 52.4 Å². The highest BCUT2D eigenvalue weighted by molar-refractivity contribution is 8.14. The molecule has 0 aliphatic heterocycles. The predicted molar refractivity (Wildman–Crippen MR) is 175 cm³/mol. The number of ether oxygens (including phenoxy) is 2. The van der Waals surface area contributed by atoms with Gasteiger partial charge in [0.05, 0.1) is 28.9 Å². The van der Waals surface area contributed by atoms with Crippen molar-refractivity contribution in [1.29, 1.82) is 0 Å². The molecular weight excluding hydrogens is 625 g/mol. The van der Waals surface area contributed by atoms with Gasteiger partial charge >= 0.3 is 0 Å². The molecule has 0 bridgehead atoms. The summed E-state index contributed by atoms with van der Waals surface area (Å²) in [6.45, 7) is 2.20. The molecule has 47 heavy (non-hydrogen) atoms. The summed E-state index contributed by atoms with van der Waals surface area (Å²) in [6, 6.07) is 8.94. The average molecular weight is 664 g/mol. The van der Waals surface area contributed by atoms with Crippen LogP contribution in [0.5, 0.6) is 17.2 Å². The highest BCUT2D eigenvalue weighted by atomic mass is 32.2. The Bertz CT molecular complexity index is 1700. The lowest BCUT2D eigenvalue weighted by Gasteiger charge is -2.15. The zero-order valence-electron chi connectivity index (χ0n) is 26.3. The molecule has 0 atom stereocenters. The van der Waals surface area contributed by atoms with E-state index < -0.39 is 17.1 Å². The molecule has 2 saturated carbocycles. The molecule has 2 fully saturated rings. The number of primary amides is 1. The summed E-state index contributed by atoms with van der Waals surface area (Å²) in [5.74, 6) is -0.751. The van der Waals surface area contributed by atoms with E-state index in [1.165, 1.54) is 31.3 Å². The number of hydrogen-bond donors (Lipinski definition) is 2. The van der Waals surface area contributed by atoms with E-state index in [2.05, 4.69) is 10.3 Å². The Balaban J connectivity index is 1.18. The van der Waals surface area contributed by atoms with Crippen molar-refractivity contribution in [1.82, 2.24) is 10.3 Å². The van der Waals surface area contributed by atoms with Crippen LogP contribution in [0.2, 0.25) is 0 Å². The van der Waals surface area contributed by atoms with Crippen molar-refractivity contribution >= 4 is 51.2 Å². The first-order chi connectivity index (χ1) is 22.6. The molecule has 1 heterocycles. The van der Waals surface area contributed by atoms with Crippen molar-refractivity contribution in [2.75, 3.05) is 18.9 Å². The van der Waals surface area contributed by atoms with Gasteiger partial charge in [0.1, 0.15) is 17.3 Å². The number of carbonyl (C=O) groups excluding carboxylic acids is 5. The molecule has 3 aromatic rings. The second-order valence-electron chi connectivity index (χ2n) is 12.2. The van der Waals surface area contributed by atoms with Crippen LogP contribution in [0.3, 0.4) is 0 Å². The van der Waals surface area contributed by atoms with Gasteiger partial charge in [-0.2, -0.15) is 0 Å². The molecular formula is C35H38FN3O7S. The predicted octanol–water partition coefficient (Wildman–Crippen LogP) is 5.47. The normalized spacial score (nSPS) is 14.8. The van der Waals surface area contributed by atoms with Gasteiger partial charge in [-0.25, -0.2) is 4.39 Å². The molecule has 0 unspecified atom stereocenters. The van der Waals surface area contributed by atoms with Crippen LogP contribution in [0.1, 0.15) is 74.2 Å². The van der Waals surface area contributed by atoms with Crippen molar-refractivity contribution in [3.05, 3.63) is 59.5 Å². The summed E-state index contributed by atoms with van der Waals surface area (Å²) in [5, 5.41) is 3.08. The number of fused-ring (bicyclic) bond motifs is 1. The maximum atomic E-state index is 15.2. The number of unbranched alkanes of at least 4 members (excludes halogenated alkanes) is 2. The van der Waals surface area contributed by atoms with Crippen LogP contribution < -0.4 is 20.5 Å². The minimum atomic E-state index is -0.888. The Labute approximate surface area is 276 Å². The maximum Gasteiger partial charge on any atom is 0.252 e. The second kappa shape index (κ2) is 15.1. The van der Waals surface area contributed by atoms with Gasteiger partial charge in [-0.1, -0.05) is 17.8 Å². The van der Waals surface area contributed by atoms with Crippen LogP contribution >= 0.6 is 11.8 Å². The van der Waals surface area contributed by atoms with E-state index in [0.29, 0.717) is 61.2 Å². The van der Waals surface area contributed by atoms with Crippen molar-refractivity contribution in [3.63, 3.8) is 0 Å². The number of benzene rings is 2. The summed E-state index contributed by atoms with van der Waals surface area (Å²) in [7, 11) is 0. The Morgan fingerprint density at radius 1 is 1.00 bits per heavy atom. The summed E-state index contributed by atoms with van der Waals surface area (Å²) in [5.41, 5.74) is 5.80. The molecule has 0 radical (unpaired) electrons. The minimum absolute atomic E-state index is 0.0193. The zero-order chi connectivity index (χ0) is 33.6. The number of aromatic nitrogens is 1. The Morgan fingerprint density at radius 3 is 2.47 bits per heavy atom. The Hall–Kier alpha value is -4.32. The molecule has 3 N–H and O–H groups in total. The number of ketones is 2. The van der Waals surface area contributed by atoms with E-state index in [-0.39, 0.29) is 57.6 Å². The van der Waals surface area contributed by atoms with Crippen LogP contribution in [0.25, 0.3) is 10.9 Å². The largest absolute Gasteiger partial charge is 0.493 e. The highest BCUT2D eigenvalue weighted by Crippen LogP contribution is 2.51. The lowest BCUT2D eigenvalue weighted by atomic mass is 9.88. The lowest BCUT2D eigenvalue weighted by Crippen LogP contribution is -2.27. The van der Waals surface area contributed by atoms with Gasteiger partial charge in [-0.05, 0) is 80.7 Å². The fourth-order valence-electron chi connectivity index (χ4n) is 5.41. The quantitative estimate of drug-likeness (QED) is 0.133. The van der Waals surface area contributed by atoms with E-state index in [1.807, 2.05) is 0 Å². The topological polar surface area (TPSA) is 155 Å². The average Bonchev–Trinajstić information content (AvgIpc) is 3.96. The monoisotopic (exact) mass is 663 g/mol. The molecule has 2 aliphatic rings. The first kappa shape index (κ1) is 34.0. The van der Waals surface area contributed by atoms with Crippen molar-refractivity contribution in [3.8, 4) is 17.2 Å². The van der Waals surface area contributed by atoms with Gasteiger partial charge in [0.2, 0.25) is 5.91 Å². The molecule has 1 aromatic heterocycles. The standard InChI is InChI=1S/C35H38FN3O7S/c1-21(40)47-20-33(43)39-12-3-2-4-14-45-30-19-27-24(18-25(30)34(37)44)28(9-13-38-27)46-29-8-7-23(15-26(29)36)17-32(42)35(10-11-35)31(41)16-22-5-6-22/h7-9,13,15,18-19,22H,2-6,10-12,14,16-17,20H2,1H3,(H2,37,44)(H,39,43). The Kier molecular flexibility index (Phi) is 10.9. The number of thioether (sulfide) groups is 1. The van der Waals surface area contributed by atoms with Gasteiger partial charge in [0, 0.05) is 44.0 Å². The Morgan fingerprint density at radius 2 is 1.79 bits per heavy atom. The zero-order valence-corrected chi connectivity index (χ0v) is 27.1. The fourth-order valence-corrected chi connectivity index (χ4v) is 5.85. The first-order valence-corrected chi connectivity index (χ1v) is 16.8. The van der Waals surface area contributed by atoms with E-state index in [4.69, 9.17) is 15.2 Å². The minimum Gasteiger partial charge on any atom is -0.493 e. The molecule has 0 saturated heterocycles. The number of pyridine rings is 1. The molecule has 5 rings (SSSR count). The number of rotatable bonds is 18. The van der Waals surface area contributed by atoms with E-state index in [9.17, 15) is 24.0 Å². The van der Waals surface area contributed by atoms with Crippen LogP contribution in [-0.2, 0) is 25.6 Å². The van der Waals surface area contributed by atoms with E-state index in [0.717, 1.165) is 37.4 Å². The first-order valence-electron chi connectivity index (χ1n) is 15.8. The molecule has 2 aliphatic carbocycles. The number of hydrogen-bond acceptors (Lipinski definition) is 9. The summed E-state index contributed by atoms with van der Waals surface area (Å²) in [4.78, 5) is 65.1. The highest BCUT2D eigenvalue weighted by Gasteiger charge is 2.55. The van der Waals surface area contributed by atoms with Crippen LogP contribution in [0.15, 0.2) is 42.6 Å². The molecule has 0 spiro atoms. The molecule has 248 valence electrons. The summed E-state index contributed by atoms with van der Waals surface area (Å²) >= 11 is 0.965. The third-order valence-electron chi connectivity index (χ3n) is 8.45. The van der Waals surface area contributed by atoms with Crippen molar-refractivity contribution in [2.45, 2.75) is 64.7 Å². The SMILES string of the molecule is CC(=O)SCC(=O)NCCCCCOc1cc2nccc(Oc3ccc(CC(=O)C4(C(=O)CC5CC5)CC4)cc3F)c2cc1C(N)=O. The molecule has 12 heteroatoms. The van der Waals surface area contributed by atoms with E-state index >= 15 is 4.39 Å². The van der Waals surface area contributed by atoms with Crippen LogP contribution in [0.4, 0.5) is 4.39 Å². The van der Waals surface area contributed by atoms with Gasteiger partial charge in [-0.15, -0.1) is 0 Å². The van der Waals surface area contributed by atoms with Crippen molar-refractivity contribution < 1.29 is 37.8 Å². The second-order valence-corrected chi connectivity index (χ2v) is 13.4. The molecule has 10 nitrogen and oxygen atoms in total. The number of halogens is 1. The fraction of sp³-hybridized carbons (Fsp3) is 0.429. The number of nitrogens with zero attached hydrogens (tertiary/aromatic N) is 1. The number of carbonyl (C=O) groups is 5. The number of amides is 2. The number of nitrogens with two attached hydrogens (primary N) is 1. The lowest BCUT2D eigenvalue weighted by molar-refractivity contribution is -0.134. The number of Topliss-reactive ketones (excluding diaryl/α,β-unsaturated/α-hetero) is 2. The maximum absolute atomic E-state index is 15.2. The van der Waals surface area contributed by atoms with Gasteiger partial charge < -0.3 is 20.5 Å². The van der Waals surface area contributed by atoms with Crippen molar-refractivity contribution in [2.24, 2.45) is 17.1 Å². The van der Waals surface area contributed by atoms with Gasteiger partial charge in [-0.3, -0.25) is 29.0 Å². The van der Waals surface area contributed by atoms with E-state index in [1.54, 1.807) is 18.2 Å². The summed E-state index contributed by atoms with van der Waals surface area (Å²) < 4.78 is 27.0. The molecule has 2 aromatic carbocycles. The summed E-state index contributed by atoms with van der Waals surface area (Å²) in [6.07, 6.45) is 7.30. The smallest absolute Gasteiger partial charge is 0.252 e.